The molecular weight excluding hydrogens is 426 g/mol. The van der Waals surface area contributed by atoms with Crippen molar-refractivity contribution in [1.29, 1.82) is 0 Å². The first-order chi connectivity index (χ1) is 16.4. The van der Waals surface area contributed by atoms with Crippen molar-refractivity contribution in [2.24, 2.45) is 0 Å². The number of carbonyl (C=O) groups excluding carboxylic acids is 2. The van der Waals surface area contributed by atoms with Crippen LogP contribution in [0.5, 0.6) is 0 Å². The number of benzene rings is 3. The minimum atomic E-state index is -0.433. The van der Waals surface area contributed by atoms with Crippen molar-refractivity contribution in [3.05, 3.63) is 130 Å². The molecule has 1 atom stereocenters. The summed E-state index contributed by atoms with van der Waals surface area (Å²) in [5.41, 5.74) is 3.28. The zero-order valence-electron chi connectivity index (χ0n) is 19.0. The van der Waals surface area contributed by atoms with Crippen LogP contribution in [0.3, 0.4) is 0 Å². The van der Waals surface area contributed by atoms with Crippen LogP contribution in [0, 0.1) is 6.92 Å². The predicted octanol–water partition coefficient (Wildman–Crippen LogP) is 4.89. The summed E-state index contributed by atoms with van der Waals surface area (Å²) in [6.07, 6.45) is 1.61. The van der Waals surface area contributed by atoms with Gasteiger partial charge in [0.2, 0.25) is 0 Å². The fraction of sp³-hybridized carbons (Fsp3) is 0.107. The summed E-state index contributed by atoms with van der Waals surface area (Å²) < 4.78 is 1.41. The number of carbonyl (C=O) groups is 2. The first kappa shape index (κ1) is 22.7. The zero-order chi connectivity index (χ0) is 24.1. The van der Waals surface area contributed by atoms with Gasteiger partial charge >= 0.3 is 0 Å². The van der Waals surface area contributed by atoms with Crippen LogP contribution in [0.2, 0.25) is 0 Å². The zero-order valence-corrected chi connectivity index (χ0v) is 19.0. The van der Waals surface area contributed by atoms with Crippen LogP contribution in [0.1, 0.15) is 44.8 Å². The normalized spacial score (nSPS) is 11.5. The molecule has 0 bridgehead atoms. The number of pyridine rings is 1. The predicted molar refractivity (Wildman–Crippen MR) is 133 cm³/mol. The fourth-order valence-electron chi connectivity index (χ4n) is 3.70. The van der Waals surface area contributed by atoms with Gasteiger partial charge in [-0.15, -0.1) is 0 Å². The number of hydrogen-bond donors (Lipinski definition) is 2. The molecule has 34 heavy (non-hydrogen) atoms. The molecule has 0 saturated carbocycles. The van der Waals surface area contributed by atoms with Gasteiger partial charge in [-0.2, -0.15) is 0 Å². The van der Waals surface area contributed by atoms with E-state index >= 15 is 0 Å². The number of nitrogens with one attached hydrogen (secondary N) is 2. The molecule has 0 radical (unpaired) electrons. The van der Waals surface area contributed by atoms with Gasteiger partial charge in [-0.25, -0.2) is 0 Å². The summed E-state index contributed by atoms with van der Waals surface area (Å²) in [4.78, 5) is 38.4. The third kappa shape index (κ3) is 4.96. The Morgan fingerprint density at radius 3 is 2.12 bits per heavy atom. The molecule has 170 valence electrons. The van der Waals surface area contributed by atoms with Crippen LogP contribution < -0.4 is 16.2 Å². The van der Waals surface area contributed by atoms with E-state index in [0.717, 1.165) is 11.1 Å². The number of aromatic nitrogens is 1. The Labute approximate surface area is 197 Å². The second-order valence-electron chi connectivity index (χ2n) is 8.02. The van der Waals surface area contributed by atoms with Crippen molar-refractivity contribution in [1.82, 2.24) is 9.88 Å². The van der Waals surface area contributed by atoms with Gasteiger partial charge < -0.3 is 10.6 Å². The van der Waals surface area contributed by atoms with Gasteiger partial charge in [0.1, 0.15) is 5.56 Å². The van der Waals surface area contributed by atoms with Crippen LogP contribution in [-0.4, -0.2) is 16.4 Å². The van der Waals surface area contributed by atoms with Crippen molar-refractivity contribution in [2.75, 3.05) is 5.32 Å². The number of amides is 2. The van der Waals surface area contributed by atoms with Gasteiger partial charge in [-0.1, -0.05) is 48.5 Å². The van der Waals surface area contributed by atoms with Gasteiger partial charge in [0.25, 0.3) is 17.4 Å². The second kappa shape index (κ2) is 10.0. The number of anilines is 1. The van der Waals surface area contributed by atoms with E-state index in [1.807, 2.05) is 62.4 Å². The Kier molecular flexibility index (Phi) is 6.69. The number of nitrogens with zero attached hydrogens (tertiary/aromatic N) is 1. The molecule has 0 fully saturated rings. The van der Waals surface area contributed by atoms with E-state index in [1.54, 1.807) is 42.6 Å². The second-order valence-corrected chi connectivity index (χ2v) is 8.02. The Bertz CT molecular complexity index is 1380. The molecule has 3 aromatic carbocycles. The molecule has 2 amide bonds. The summed E-state index contributed by atoms with van der Waals surface area (Å²) in [5, 5.41) is 5.75. The average Bonchev–Trinajstić information content (AvgIpc) is 2.85. The van der Waals surface area contributed by atoms with Gasteiger partial charge in [0.15, 0.2) is 0 Å². The largest absolute Gasteiger partial charge is 0.345 e. The number of rotatable bonds is 6. The fourth-order valence-corrected chi connectivity index (χ4v) is 3.70. The average molecular weight is 452 g/mol. The number of hydrogen-bond acceptors (Lipinski definition) is 3. The molecule has 1 heterocycles. The molecule has 4 aromatic rings. The van der Waals surface area contributed by atoms with Crippen molar-refractivity contribution in [3.8, 4) is 5.69 Å². The lowest BCUT2D eigenvalue weighted by molar-refractivity contribution is 0.0937. The van der Waals surface area contributed by atoms with Gasteiger partial charge in [-0.3, -0.25) is 19.0 Å². The van der Waals surface area contributed by atoms with E-state index in [9.17, 15) is 14.4 Å². The molecule has 0 spiro atoms. The van der Waals surface area contributed by atoms with Crippen molar-refractivity contribution in [3.63, 3.8) is 0 Å². The lowest BCUT2D eigenvalue weighted by Crippen LogP contribution is -2.33. The minimum absolute atomic E-state index is 0.0576. The molecule has 0 aliphatic heterocycles. The minimum Gasteiger partial charge on any atom is -0.345 e. The molecule has 6 heteroatoms. The first-order valence-corrected chi connectivity index (χ1v) is 11.0. The quantitative estimate of drug-likeness (QED) is 0.438. The summed E-state index contributed by atoms with van der Waals surface area (Å²) in [5.74, 6) is -0.632. The van der Waals surface area contributed by atoms with Crippen LogP contribution >= 0.6 is 0 Å². The van der Waals surface area contributed by atoms with Crippen molar-refractivity contribution < 1.29 is 9.59 Å². The smallest absolute Gasteiger partial charge is 0.267 e. The topological polar surface area (TPSA) is 80.2 Å². The Balaban J connectivity index is 1.51. The summed E-state index contributed by atoms with van der Waals surface area (Å²) in [7, 11) is 0. The van der Waals surface area contributed by atoms with Crippen molar-refractivity contribution in [2.45, 2.75) is 19.9 Å². The highest BCUT2D eigenvalue weighted by atomic mass is 16.2. The number of aryl methyl sites for hydroxylation is 1. The highest BCUT2D eigenvalue weighted by molar-refractivity contribution is 6.05. The molecule has 2 N–H and O–H groups in total. The summed E-state index contributed by atoms with van der Waals surface area (Å²) >= 11 is 0. The van der Waals surface area contributed by atoms with Crippen molar-refractivity contribution >= 4 is 17.5 Å². The molecule has 0 saturated heterocycles. The van der Waals surface area contributed by atoms with Gasteiger partial charge in [-0.05, 0) is 67.4 Å². The molecule has 0 aliphatic rings. The molecule has 4 rings (SSSR count). The lowest BCUT2D eigenvalue weighted by Gasteiger charge is -2.15. The van der Waals surface area contributed by atoms with E-state index in [2.05, 4.69) is 10.6 Å². The molecule has 1 unspecified atom stereocenters. The standard InChI is InChI=1S/C28H25N3O3/c1-19-9-6-7-12-24(19)26(32)30-22-14-16-23(17-15-22)31-18-8-13-25(28(31)34)27(33)29-20(2)21-10-4-3-5-11-21/h3-18,20H,1-2H3,(H,29,33)(H,30,32). The van der Waals surface area contributed by atoms with Crippen LogP contribution in [-0.2, 0) is 0 Å². The van der Waals surface area contributed by atoms with E-state index < -0.39 is 11.5 Å². The maximum atomic E-state index is 13.0. The van der Waals surface area contributed by atoms with E-state index in [4.69, 9.17) is 0 Å². The van der Waals surface area contributed by atoms with Crippen LogP contribution in [0.25, 0.3) is 5.69 Å². The van der Waals surface area contributed by atoms with E-state index in [1.165, 1.54) is 10.6 Å². The summed E-state index contributed by atoms with van der Waals surface area (Å²) in [6.45, 7) is 3.76. The van der Waals surface area contributed by atoms with Crippen LogP contribution in [0.4, 0.5) is 5.69 Å². The van der Waals surface area contributed by atoms with Crippen LogP contribution in [0.15, 0.2) is 102 Å². The highest BCUT2D eigenvalue weighted by Crippen LogP contribution is 2.16. The molecule has 1 aromatic heterocycles. The first-order valence-electron chi connectivity index (χ1n) is 11.0. The maximum Gasteiger partial charge on any atom is 0.267 e. The third-order valence-electron chi connectivity index (χ3n) is 5.63. The molecule has 6 nitrogen and oxygen atoms in total. The van der Waals surface area contributed by atoms with E-state index in [-0.39, 0.29) is 17.5 Å². The monoisotopic (exact) mass is 451 g/mol. The van der Waals surface area contributed by atoms with Gasteiger partial charge in [0.05, 0.1) is 6.04 Å². The Morgan fingerprint density at radius 1 is 0.765 bits per heavy atom. The Hall–Kier alpha value is -4.45. The Morgan fingerprint density at radius 2 is 1.41 bits per heavy atom. The summed E-state index contributed by atoms with van der Waals surface area (Å²) in [6, 6.07) is 26.8. The molecular formula is C28H25N3O3. The lowest BCUT2D eigenvalue weighted by atomic mass is 10.1. The highest BCUT2D eigenvalue weighted by Gasteiger charge is 2.16. The SMILES string of the molecule is Cc1ccccc1C(=O)Nc1ccc(-n2cccc(C(=O)NC(C)c3ccccc3)c2=O)cc1. The maximum absolute atomic E-state index is 13.0. The van der Waals surface area contributed by atoms with Gasteiger partial charge in [0, 0.05) is 23.1 Å². The third-order valence-corrected chi connectivity index (χ3v) is 5.63. The van der Waals surface area contributed by atoms with E-state index in [0.29, 0.717) is 16.9 Å². The molecule has 0 aliphatic carbocycles.